The van der Waals surface area contributed by atoms with Crippen molar-refractivity contribution in [2.45, 2.75) is 13.0 Å². The van der Waals surface area contributed by atoms with Crippen LogP contribution in [-0.2, 0) is 4.74 Å². The van der Waals surface area contributed by atoms with Crippen molar-refractivity contribution in [1.29, 1.82) is 5.26 Å². The minimum Gasteiger partial charge on any atom is -0.464 e. The zero-order valence-corrected chi connectivity index (χ0v) is 10.9. The topological polar surface area (TPSA) is 71.1 Å². The zero-order chi connectivity index (χ0) is 13.7. The van der Waals surface area contributed by atoms with Gasteiger partial charge >= 0.3 is 0 Å². The number of nitriles is 1. The molecule has 0 aromatic carbocycles. The average Bonchev–Trinajstić information content (AvgIpc) is 2.85. The first-order valence-electron chi connectivity index (χ1n) is 5.92. The van der Waals surface area contributed by atoms with Gasteiger partial charge in [-0.2, -0.15) is 5.26 Å². The molecule has 2 aromatic rings. The van der Waals surface area contributed by atoms with E-state index >= 15 is 0 Å². The van der Waals surface area contributed by atoms with E-state index in [-0.39, 0.29) is 6.04 Å². The van der Waals surface area contributed by atoms with Crippen molar-refractivity contribution in [3.05, 3.63) is 47.5 Å². The fraction of sp³-hybridized carbons (Fsp3) is 0.286. The summed E-state index contributed by atoms with van der Waals surface area (Å²) in [6.07, 6.45) is 0. The molecule has 98 valence electrons. The summed E-state index contributed by atoms with van der Waals surface area (Å²) in [5, 5.41) is 12.0. The van der Waals surface area contributed by atoms with E-state index in [0.717, 1.165) is 11.5 Å². The molecule has 1 N–H and O–H groups in total. The number of hydrogen-bond acceptors (Lipinski definition) is 5. The Morgan fingerprint density at radius 2 is 2.26 bits per heavy atom. The Morgan fingerprint density at radius 3 is 2.89 bits per heavy atom. The lowest BCUT2D eigenvalue weighted by molar-refractivity contribution is 0.178. The van der Waals surface area contributed by atoms with Crippen LogP contribution in [0.5, 0.6) is 0 Å². The molecule has 0 radical (unpaired) electrons. The van der Waals surface area contributed by atoms with Crippen molar-refractivity contribution in [3.8, 4) is 6.07 Å². The molecule has 0 aliphatic rings. The molecule has 0 fully saturated rings. The van der Waals surface area contributed by atoms with E-state index in [1.807, 2.05) is 25.1 Å². The predicted molar refractivity (Wildman–Crippen MR) is 70.6 cm³/mol. The number of aryl methyl sites for hydroxylation is 1. The van der Waals surface area contributed by atoms with Gasteiger partial charge in [0.1, 0.15) is 35.1 Å². The summed E-state index contributed by atoms with van der Waals surface area (Å²) in [7, 11) is 1.63. The minimum atomic E-state index is -0.139. The van der Waals surface area contributed by atoms with E-state index in [2.05, 4.69) is 10.3 Å². The number of hydrogen-bond donors (Lipinski definition) is 1. The van der Waals surface area contributed by atoms with Crippen LogP contribution in [0.1, 0.15) is 23.3 Å². The van der Waals surface area contributed by atoms with Gasteiger partial charge in [-0.15, -0.1) is 0 Å². The lowest BCUT2D eigenvalue weighted by Gasteiger charge is -2.16. The maximum atomic E-state index is 8.84. The van der Waals surface area contributed by atoms with Crippen LogP contribution >= 0.6 is 0 Å². The number of rotatable bonds is 5. The normalized spacial score (nSPS) is 11.8. The maximum absolute atomic E-state index is 8.84. The smallest absolute Gasteiger partial charge is 0.142 e. The van der Waals surface area contributed by atoms with Gasteiger partial charge in [0, 0.05) is 7.11 Å². The van der Waals surface area contributed by atoms with E-state index in [9.17, 15) is 0 Å². The Hall–Kier alpha value is -2.32. The van der Waals surface area contributed by atoms with Crippen molar-refractivity contribution in [1.82, 2.24) is 4.98 Å². The number of ether oxygens (including phenoxy) is 1. The molecule has 0 spiro atoms. The van der Waals surface area contributed by atoms with Crippen LogP contribution in [0.3, 0.4) is 0 Å². The summed E-state index contributed by atoms with van der Waals surface area (Å²) < 4.78 is 10.8. The Bertz CT molecular complexity index is 586. The third kappa shape index (κ3) is 3.33. The molecule has 2 rings (SSSR count). The second-order valence-corrected chi connectivity index (χ2v) is 4.12. The van der Waals surface area contributed by atoms with Gasteiger partial charge in [-0.05, 0) is 31.2 Å². The average molecular weight is 257 g/mol. The number of nitrogens with one attached hydrogen (secondary N) is 1. The Kier molecular flexibility index (Phi) is 4.16. The first-order valence-corrected chi connectivity index (χ1v) is 5.92. The fourth-order valence-corrected chi connectivity index (χ4v) is 1.76. The van der Waals surface area contributed by atoms with E-state index in [1.54, 1.807) is 25.3 Å². The molecule has 5 nitrogen and oxygen atoms in total. The highest BCUT2D eigenvalue weighted by molar-refractivity contribution is 5.40. The molecule has 0 aliphatic heterocycles. The summed E-state index contributed by atoms with van der Waals surface area (Å²) in [5.74, 6) is 2.25. The number of furan rings is 1. The Labute approximate surface area is 111 Å². The Balaban J connectivity index is 2.18. The predicted octanol–water partition coefficient (Wildman–Crippen LogP) is 2.65. The number of methoxy groups -OCH3 is 1. The number of aromatic nitrogens is 1. The highest BCUT2D eigenvalue weighted by atomic mass is 16.5. The number of nitrogens with zero attached hydrogens (tertiary/aromatic N) is 2. The van der Waals surface area contributed by atoms with Gasteiger partial charge in [0.25, 0.3) is 0 Å². The van der Waals surface area contributed by atoms with Gasteiger partial charge in [-0.3, -0.25) is 0 Å². The van der Waals surface area contributed by atoms with Crippen LogP contribution in [0.2, 0.25) is 0 Å². The molecule has 5 heteroatoms. The van der Waals surface area contributed by atoms with Crippen molar-refractivity contribution >= 4 is 5.82 Å². The Morgan fingerprint density at radius 1 is 1.42 bits per heavy atom. The van der Waals surface area contributed by atoms with Crippen LogP contribution in [0.25, 0.3) is 0 Å². The highest BCUT2D eigenvalue weighted by Crippen LogP contribution is 2.21. The third-order valence-corrected chi connectivity index (χ3v) is 2.62. The zero-order valence-electron chi connectivity index (χ0n) is 10.9. The molecular weight excluding hydrogens is 242 g/mol. The standard InChI is InChI=1S/C14H15N3O2/c1-10-6-7-13(19-10)12(9-18-2)17-14-5-3-4-11(8-15)16-14/h3-7,12H,9H2,1-2H3,(H,16,17). The second-order valence-electron chi connectivity index (χ2n) is 4.12. The summed E-state index contributed by atoms with van der Waals surface area (Å²) in [6.45, 7) is 2.34. The lowest BCUT2D eigenvalue weighted by atomic mass is 10.2. The van der Waals surface area contributed by atoms with Crippen molar-refractivity contribution in [2.75, 3.05) is 19.0 Å². The summed E-state index contributed by atoms with van der Waals surface area (Å²) in [6, 6.07) is 10.9. The molecule has 0 saturated heterocycles. The molecule has 2 aromatic heterocycles. The van der Waals surface area contributed by atoms with E-state index < -0.39 is 0 Å². The van der Waals surface area contributed by atoms with Crippen molar-refractivity contribution < 1.29 is 9.15 Å². The summed E-state index contributed by atoms with van der Waals surface area (Å²) >= 11 is 0. The molecule has 2 heterocycles. The van der Waals surface area contributed by atoms with Crippen LogP contribution in [0.15, 0.2) is 34.7 Å². The summed E-state index contributed by atoms with van der Waals surface area (Å²) in [5.41, 5.74) is 0.372. The van der Waals surface area contributed by atoms with Crippen LogP contribution in [0.4, 0.5) is 5.82 Å². The first kappa shape index (κ1) is 13.1. The number of pyridine rings is 1. The third-order valence-electron chi connectivity index (χ3n) is 2.62. The summed E-state index contributed by atoms with van der Waals surface area (Å²) in [4.78, 5) is 4.18. The van der Waals surface area contributed by atoms with Gasteiger partial charge < -0.3 is 14.5 Å². The van der Waals surface area contributed by atoms with E-state index in [1.165, 1.54) is 0 Å². The van der Waals surface area contributed by atoms with Crippen LogP contribution in [0, 0.1) is 18.3 Å². The van der Waals surface area contributed by atoms with Gasteiger partial charge in [0.15, 0.2) is 0 Å². The van der Waals surface area contributed by atoms with Crippen LogP contribution < -0.4 is 5.32 Å². The molecule has 0 saturated carbocycles. The lowest BCUT2D eigenvalue weighted by Crippen LogP contribution is -2.16. The monoisotopic (exact) mass is 257 g/mol. The highest BCUT2D eigenvalue weighted by Gasteiger charge is 2.15. The minimum absolute atomic E-state index is 0.139. The van der Waals surface area contributed by atoms with Gasteiger partial charge in [-0.25, -0.2) is 4.98 Å². The largest absolute Gasteiger partial charge is 0.464 e. The molecule has 0 bridgehead atoms. The molecule has 19 heavy (non-hydrogen) atoms. The van der Waals surface area contributed by atoms with Gasteiger partial charge in [-0.1, -0.05) is 6.07 Å². The molecule has 0 aliphatic carbocycles. The maximum Gasteiger partial charge on any atom is 0.142 e. The number of anilines is 1. The molecular formula is C14H15N3O2. The molecule has 1 atom stereocenters. The van der Waals surface area contributed by atoms with E-state index in [0.29, 0.717) is 18.1 Å². The molecule has 1 unspecified atom stereocenters. The fourth-order valence-electron chi connectivity index (χ4n) is 1.76. The van der Waals surface area contributed by atoms with Gasteiger partial charge in [0.05, 0.1) is 6.61 Å². The van der Waals surface area contributed by atoms with E-state index in [4.69, 9.17) is 14.4 Å². The quantitative estimate of drug-likeness (QED) is 0.891. The second kappa shape index (κ2) is 6.03. The van der Waals surface area contributed by atoms with Gasteiger partial charge in [0.2, 0.25) is 0 Å². The van der Waals surface area contributed by atoms with Crippen molar-refractivity contribution in [2.24, 2.45) is 0 Å². The SMILES string of the molecule is COCC(Nc1cccc(C#N)n1)c1ccc(C)o1. The van der Waals surface area contributed by atoms with Crippen molar-refractivity contribution in [3.63, 3.8) is 0 Å². The van der Waals surface area contributed by atoms with Crippen LogP contribution in [-0.4, -0.2) is 18.7 Å². The first-order chi connectivity index (χ1) is 9.22. The molecule has 0 amide bonds.